The number of nitro groups is 1. The van der Waals surface area contributed by atoms with E-state index in [9.17, 15) is 14.9 Å². The van der Waals surface area contributed by atoms with Crippen molar-refractivity contribution in [3.05, 3.63) is 68.2 Å². The molecule has 0 spiro atoms. The van der Waals surface area contributed by atoms with E-state index in [0.717, 1.165) is 0 Å². The van der Waals surface area contributed by atoms with Crippen LogP contribution in [-0.4, -0.2) is 10.8 Å². The van der Waals surface area contributed by atoms with Gasteiger partial charge in [-0.05, 0) is 51.7 Å². The van der Waals surface area contributed by atoms with Crippen LogP contribution in [0.25, 0.3) is 0 Å². The van der Waals surface area contributed by atoms with Gasteiger partial charge in [-0.15, -0.1) is 0 Å². The standard InChI is InChI=1S/C16H15BrN2O3/c1-10(2)11-3-6-13(7-4-11)18-16(20)12-5-8-14(17)15(9-12)19(21)22/h3-10H,1-2H3,(H,18,20). The van der Waals surface area contributed by atoms with E-state index in [-0.39, 0.29) is 17.2 Å². The Morgan fingerprint density at radius 2 is 1.82 bits per heavy atom. The lowest BCUT2D eigenvalue weighted by molar-refractivity contribution is -0.385. The molecule has 5 nitrogen and oxygen atoms in total. The second kappa shape index (κ2) is 6.70. The van der Waals surface area contributed by atoms with Crippen LogP contribution in [-0.2, 0) is 0 Å². The molecule has 114 valence electrons. The second-order valence-corrected chi connectivity index (χ2v) is 6.01. The minimum absolute atomic E-state index is 0.136. The van der Waals surface area contributed by atoms with E-state index < -0.39 is 4.92 Å². The molecule has 0 heterocycles. The highest BCUT2D eigenvalue weighted by Gasteiger charge is 2.16. The van der Waals surface area contributed by atoms with Crippen molar-refractivity contribution in [3.63, 3.8) is 0 Å². The predicted octanol–water partition coefficient (Wildman–Crippen LogP) is 4.73. The van der Waals surface area contributed by atoms with Crippen molar-refractivity contribution >= 4 is 33.2 Å². The molecule has 2 aromatic rings. The van der Waals surface area contributed by atoms with Crippen molar-refractivity contribution in [2.45, 2.75) is 19.8 Å². The summed E-state index contributed by atoms with van der Waals surface area (Å²) >= 11 is 3.10. The quantitative estimate of drug-likeness (QED) is 0.630. The van der Waals surface area contributed by atoms with Crippen LogP contribution in [0.5, 0.6) is 0 Å². The van der Waals surface area contributed by atoms with Crippen LogP contribution in [0, 0.1) is 10.1 Å². The van der Waals surface area contributed by atoms with Gasteiger partial charge < -0.3 is 5.32 Å². The Morgan fingerprint density at radius 3 is 2.36 bits per heavy atom. The normalized spacial score (nSPS) is 10.5. The summed E-state index contributed by atoms with van der Waals surface area (Å²) < 4.78 is 0.343. The fourth-order valence-corrected chi connectivity index (χ4v) is 2.34. The summed E-state index contributed by atoms with van der Waals surface area (Å²) in [5.41, 5.74) is 1.93. The average molecular weight is 363 g/mol. The Labute approximate surface area is 136 Å². The van der Waals surface area contributed by atoms with Crippen LogP contribution in [0.4, 0.5) is 11.4 Å². The first kappa shape index (κ1) is 16.2. The van der Waals surface area contributed by atoms with Crippen molar-refractivity contribution in [1.82, 2.24) is 0 Å². The first-order valence-corrected chi connectivity index (χ1v) is 7.53. The van der Waals surface area contributed by atoms with Crippen molar-refractivity contribution in [2.75, 3.05) is 5.32 Å². The molecule has 22 heavy (non-hydrogen) atoms. The van der Waals surface area contributed by atoms with Crippen molar-refractivity contribution in [2.24, 2.45) is 0 Å². The fraction of sp³-hybridized carbons (Fsp3) is 0.188. The van der Waals surface area contributed by atoms with E-state index in [1.165, 1.54) is 23.8 Å². The van der Waals surface area contributed by atoms with Crippen LogP contribution in [0.3, 0.4) is 0 Å². The number of carbonyl (C=O) groups is 1. The molecule has 2 rings (SSSR count). The van der Waals surface area contributed by atoms with Crippen LogP contribution >= 0.6 is 15.9 Å². The van der Waals surface area contributed by atoms with Crippen molar-refractivity contribution < 1.29 is 9.72 Å². The van der Waals surface area contributed by atoms with Crippen LogP contribution < -0.4 is 5.32 Å². The zero-order valence-corrected chi connectivity index (χ0v) is 13.8. The zero-order chi connectivity index (χ0) is 16.3. The Hall–Kier alpha value is -2.21. The minimum Gasteiger partial charge on any atom is -0.322 e. The number of hydrogen-bond acceptors (Lipinski definition) is 3. The van der Waals surface area contributed by atoms with E-state index in [1.54, 1.807) is 0 Å². The minimum atomic E-state index is -0.529. The number of hydrogen-bond donors (Lipinski definition) is 1. The smallest absolute Gasteiger partial charge is 0.284 e. The molecular weight excluding hydrogens is 348 g/mol. The van der Waals surface area contributed by atoms with Gasteiger partial charge in [0.1, 0.15) is 0 Å². The third kappa shape index (κ3) is 3.71. The van der Waals surface area contributed by atoms with Gasteiger partial charge in [0.25, 0.3) is 11.6 Å². The number of amides is 1. The van der Waals surface area contributed by atoms with Crippen molar-refractivity contribution in [1.29, 1.82) is 0 Å². The molecule has 0 radical (unpaired) electrons. The summed E-state index contributed by atoms with van der Waals surface area (Å²) in [6.07, 6.45) is 0. The van der Waals surface area contributed by atoms with Gasteiger partial charge >= 0.3 is 0 Å². The fourth-order valence-electron chi connectivity index (χ4n) is 1.95. The molecule has 0 aliphatic carbocycles. The number of benzene rings is 2. The second-order valence-electron chi connectivity index (χ2n) is 5.15. The molecule has 0 aliphatic rings. The first-order chi connectivity index (χ1) is 10.4. The Morgan fingerprint density at radius 1 is 1.18 bits per heavy atom. The Bertz CT molecular complexity index is 712. The topological polar surface area (TPSA) is 72.2 Å². The molecule has 0 aromatic heterocycles. The molecule has 0 aliphatic heterocycles. The lowest BCUT2D eigenvalue weighted by atomic mass is 10.0. The summed E-state index contributed by atoms with van der Waals surface area (Å²) in [6, 6.07) is 11.8. The molecule has 0 saturated carbocycles. The van der Waals surface area contributed by atoms with E-state index in [0.29, 0.717) is 16.1 Å². The maximum Gasteiger partial charge on any atom is 0.284 e. The Kier molecular flexibility index (Phi) is 4.92. The van der Waals surface area contributed by atoms with E-state index in [2.05, 4.69) is 35.1 Å². The van der Waals surface area contributed by atoms with Gasteiger partial charge in [0.15, 0.2) is 0 Å². The summed E-state index contributed by atoms with van der Waals surface area (Å²) in [7, 11) is 0. The lowest BCUT2D eigenvalue weighted by Gasteiger charge is -2.08. The lowest BCUT2D eigenvalue weighted by Crippen LogP contribution is -2.12. The first-order valence-electron chi connectivity index (χ1n) is 6.73. The molecule has 0 atom stereocenters. The van der Waals surface area contributed by atoms with Crippen LogP contribution in [0.2, 0.25) is 0 Å². The highest BCUT2D eigenvalue weighted by atomic mass is 79.9. The monoisotopic (exact) mass is 362 g/mol. The molecule has 0 fully saturated rings. The number of rotatable bonds is 4. The molecule has 0 bridgehead atoms. The van der Waals surface area contributed by atoms with Gasteiger partial charge in [-0.25, -0.2) is 0 Å². The van der Waals surface area contributed by atoms with Crippen molar-refractivity contribution in [3.8, 4) is 0 Å². The molecule has 6 heteroatoms. The Balaban J connectivity index is 2.18. The maximum absolute atomic E-state index is 12.2. The number of carbonyl (C=O) groups excluding carboxylic acids is 1. The zero-order valence-electron chi connectivity index (χ0n) is 12.2. The SMILES string of the molecule is CC(C)c1ccc(NC(=O)c2ccc(Br)c([N+](=O)[O-])c2)cc1. The highest BCUT2D eigenvalue weighted by Crippen LogP contribution is 2.26. The average Bonchev–Trinajstić information content (AvgIpc) is 2.47. The van der Waals surface area contributed by atoms with E-state index in [1.807, 2.05) is 24.3 Å². The number of anilines is 1. The number of nitrogens with one attached hydrogen (secondary N) is 1. The number of halogens is 1. The molecule has 1 amide bonds. The van der Waals surface area contributed by atoms with E-state index >= 15 is 0 Å². The molecule has 0 saturated heterocycles. The largest absolute Gasteiger partial charge is 0.322 e. The maximum atomic E-state index is 12.2. The molecule has 2 aromatic carbocycles. The van der Waals surface area contributed by atoms with Crippen LogP contribution in [0.15, 0.2) is 46.9 Å². The third-order valence-electron chi connectivity index (χ3n) is 3.24. The summed E-state index contributed by atoms with van der Waals surface area (Å²) in [5, 5.41) is 13.6. The van der Waals surface area contributed by atoms with Crippen LogP contribution in [0.1, 0.15) is 35.7 Å². The number of nitro benzene ring substituents is 1. The molecule has 0 unspecified atom stereocenters. The van der Waals surface area contributed by atoms with Gasteiger partial charge in [-0.3, -0.25) is 14.9 Å². The third-order valence-corrected chi connectivity index (χ3v) is 3.91. The molecular formula is C16H15BrN2O3. The van der Waals surface area contributed by atoms with Gasteiger partial charge in [0.05, 0.1) is 9.40 Å². The van der Waals surface area contributed by atoms with Gasteiger partial charge in [0.2, 0.25) is 0 Å². The predicted molar refractivity (Wildman–Crippen MR) is 89.3 cm³/mol. The van der Waals surface area contributed by atoms with Gasteiger partial charge in [0, 0.05) is 17.3 Å². The summed E-state index contributed by atoms with van der Waals surface area (Å²) in [6.45, 7) is 4.18. The van der Waals surface area contributed by atoms with Gasteiger partial charge in [-0.2, -0.15) is 0 Å². The number of nitrogens with zero attached hydrogens (tertiary/aromatic N) is 1. The highest BCUT2D eigenvalue weighted by molar-refractivity contribution is 9.10. The summed E-state index contributed by atoms with van der Waals surface area (Å²) in [4.78, 5) is 22.5. The summed E-state index contributed by atoms with van der Waals surface area (Å²) in [5.74, 6) is 0.0340. The molecule has 1 N–H and O–H groups in total. The van der Waals surface area contributed by atoms with E-state index in [4.69, 9.17) is 0 Å². The van der Waals surface area contributed by atoms with Gasteiger partial charge in [-0.1, -0.05) is 26.0 Å².